The molecule has 1 aliphatic heterocycles. The molecule has 10 heteroatoms. The summed E-state index contributed by atoms with van der Waals surface area (Å²) in [7, 11) is 3.41. The molecule has 0 spiro atoms. The minimum atomic E-state index is 0. The Labute approximate surface area is 207 Å². The summed E-state index contributed by atoms with van der Waals surface area (Å²) < 4.78 is 11.0. The van der Waals surface area contributed by atoms with E-state index in [9.17, 15) is 0 Å². The van der Waals surface area contributed by atoms with E-state index in [-0.39, 0.29) is 24.0 Å². The molecule has 2 heterocycles. The van der Waals surface area contributed by atoms with Crippen molar-refractivity contribution < 1.29 is 9.47 Å². The number of rotatable bonds is 9. The maximum absolute atomic E-state index is 5.57. The molecule has 0 radical (unpaired) electrons. The van der Waals surface area contributed by atoms with Crippen LogP contribution in [0.3, 0.4) is 0 Å². The normalized spacial score (nSPS) is 14.5. The highest BCUT2D eigenvalue weighted by Crippen LogP contribution is 2.30. The van der Waals surface area contributed by atoms with Crippen molar-refractivity contribution >= 4 is 41.6 Å². The number of nitrogens with one attached hydrogen (secondary N) is 2. The molecule has 0 amide bonds. The smallest absolute Gasteiger partial charge is 0.225 e. The third-order valence-corrected chi connectivity index (χ3v) is 5.10. The van der Waals surface area contributed by atoms with Crippen LogP contribution in [-0.4, -0.2) is 80.9 Å². The van der Waals surface area contributed by atoms with Gasteiger partial charge in [0.1, 0.15) is 0 Å². The van der Waals surface area contributed by atoms with E-state index in [1.54, 1.807) is 26.6 Å². The number of guanidine groups is 1. The van der Waals surface area contributed by atoms with Crippen molar-refractivity contribution in [1.82, 2.24) is 20.2 Å². The van der Waals surface area contributed by atoms with Crippen LogP contribution in [0.5, 0.6) is 11.5 Å². The first-order chi connectivity index (χ1) is 15.2. The number of aliphatic imine (C=N–C) groups is 1. The summed E-state index contributed by atoms with van der Waals surface area (Å²) >= 11 is 0. The second-order valence-electron chi connectivity index (χ2n) is 7.15. The molecular formula is C22H34IN7O2. The molecule has 32 heavy (non-hydrogen) atoms. The van der Waals surface area contributed by atoms with Gasteiger partial charge in [0.2, 0.25) is 5.95 Å². The number of aromatic nitrogens is 2. The van der Waals surface area contributed by atoms with Crippen LogP contribution >= 0.6 is 24.0 Å². The Hall–Kier alpha value is -2.34. The number of piperazine rings is 1. The van der Waals surface area contributed by atoms with E-state index >= 15 is 0 Å². The lowest BCUT2D eigenvalue weighted by atomic mass is 10.2. The van der Waals surface area contributed by atoms with Crippen molar-refractivity contribution in [3.05, 3.63) is 36.7 Å². The summed E-state index contributed by atoms with van der Waals surface area (Å²) in [4.78, 5) is 17.7. The Morgan fingerprint density at radius 1 is 1.12 bits per heavy atom. The maximum atomic E-state index is 5.57. The van der Waals surface area contributed by atoms with Crippen LogP contribution in [0, 0.1) is 0 Å². The zero-order valence-corrected chi connectivity index (χ0v) is 21.4. The minimum absolute atomic E-state index is 0. The Balaban J connectivity index is 0.00000363. The highest BCUT2D eigenvalue weighted by Gasteiger charge is 2.18. The van der Waals surface area contributed by atoms with Gasteiger partial charge in [0, 0.05) is 63.9 Å². The van der Waals surface area contributed by atoms with Crippen LogP contribution in [0.4, 0.5) is 11.6 Å². The quantitative estimate of drug-likeness (QED) is 0.212. The molecule has 176 valence electrons. The summed E-state index contributed by atoms with van der Waals surface area (Å²) in [5.41, 5.74) is 0.896. The summed E-state index contributed by atoms with van der Waals surface area (Å²) in [5, 5.41) is 6.68. The van der Waals surface area contributed by atoms with Crippen molar-refractivity contribution in [3.8, 4) is 11.5 Å². The van der Waals surface area contributed by atoms with Gasteiger partial charge in [-0.3, -0.25) is 9.89 Å². The van der Waals surface area contributed by atoms with Gasteiger partial charge in [-0.25, -0.2) is 9.97 Å². The van der Waals surface area contributed by atoms with Crippen LogP contribution in [0.1, 0.15) is 13.3 Å². The van der Waals surface area contributed by atoms with E-state index in [1.165, 1.54) is 0 Å². The maximum Gasteiger partial charge on any atom is 0.225 e. The van der Waals surface area contributed by atoms with Gasteiger partial charge in [-0.1, -0.05) is 0 Å². The zero-order valence-electron chi connectivity index (χ0n) is 19.1. The van der Waals surface area contributed by atoms with E-state index in [1.807, 2.05) is 31.2 Å². The van der Waals surface area contributed by atoms with E-state index in [0.29, 0.717) is 12.4 Å². The molecule has 1 aliphatic rings. The van der Waals surface area contributed by atoms with Gasteiger partial charge < -0.3 is 25.0 Å². The zero-order chi connectivity index (χ0) is 21.9. The van der Waals surface area contributed by atoms with E-state index in [4.69, 9.17) is 9.47 Å². The number of anilines is 2. The Morgan fingerprint density at radius 2 is 1.88 bits per heavy atom. The number of hydrogen-bond acceptors (Lipinski definition) is 7. The van der Waals surface area contributed by atoms with E-state index < -0.39 is 0 Å². The molecule has 1 aromatic carbocycles. The fraction of sp³-hybridized carbons (Fsp3) is 0.500. The average Bonchev–Trinajstić information content (AvgIpc) is 2.83. The minimum Gasteiger partial charge on any atom is -0.493 e. The summed E-state index contributed by atoms with van der Waals surface area (Å²) in [6.07, 6.45) is 4.63. The molecule has 9 nitrogen and oxygen atoms in total. The van der Waals surface area contributed by atoms with Gasteiger partial charge in [0.25, 0.3) is 0 Å². The molecule has 0 atom stereocenters. The number of ether oxygens (including phenoxy) is 2. The first kappa shape index (κ1) is 25.9. The second kappa shape index (κ2) is 13.9. The van der Waals surface area contributed by atoms with Crippen molar-refractivity contribution in [2.24, 2.45) is 4.99 Å². The van der Waals surface area contributed by atoms with Crippen molar-refractivity contribution in [2.45, 2.75) is 13.3 Å². The van der Waals surface area contributed by atoms with Crippen LogP contribution in [0.25, 0.3) is 0 Å². The number of nitrogens with zero attached hydrogens (tertiary/aromatic N) is 5. The van der Waals surface area contributed by atoms with Crippen LogP contribution in [0.15, 0.2) is 41.7 Å². The fourth-order valence-electron chi connectivity index (χ4n) is 3.47. The molecule has 0 saturated carbocycles. The average molecular weight is 555 g/mol. The molecule has 0 aliphatic carbocycles. The first-order valence-corrected chi connectivity index (χ1v) is 10.8. The predicted molar refractivity (Wildman–Crippen MR) is 140 cm³/mol. The molecule has 0 bridgehead atoms. The number of methoxy groups -OCH3 is 1. The lowest BCUT2D eigenvalue weighted by Gasteiger charge is -2.34. The van der Waals surface area contributed by atoms with Crippen molar-refractivity contribution in [2.75, 3.05) is 70.2 Å². The van der Waals surface area contributed by atoms with Gasteiger partial charge in [-0.05, 0) is 38.1 Å². The van der Waals surface area contributed by atoms with E-state index in [2.05, 4.69) is 35.4 Å². The highest BCUT2D eigenvalue weighted by molar-refractivity contribution is 14.0. The monoisotopic (exact) mass is 555 g/mol. The van der Waals surface area contributed by atoms with Crippen LogP contribution in [-0.2, 0) is 0 Å². The second-order valence-corrected chi connectivity index (χ2v) is 7.15. The van der Waals surface area contributed by atoms with Gasteiger partial charge >= 0.3 is 0 Å². The van der Waals surface area contributed by atoms with Gasteiger partial charge in [-0.15, -0.1) is 24.0 Å². The summed E-state index contributed by atoms with van der Waals surface area (Å²) in [5.74, 6) is 2.99. The third kappa shape index (κ3) is 7.66. The largest absolute Gasteiger partial charge is 0.493 e. The van der Waals surface area contributed by atoms with Crippen LogP contribution in [0.2, 0.25) is 0 Å². The van der Waals surface area contributed by atoms with E-state index in [0.717, 1.165) is 69.0 Å². The topological polar surface area (TPSA) is 87.1 Å². The lowest BCUT2D eigenvalue weighted by Crippen LogP contribution is -2.47. The fourth-order valence-corrected chi connectivity index (χ4v) is 3.47. The Bertz CT molecular complexity index is 830. The number of halogens is 1. The molecule has 2 N–H and O–H groups in total. The molecule has 3 rings (SSSR count). The van der Waals surface area contributed by atoms with Gasteiger partial charge in [-0.2, -0.15) is 0 Å². The Morgan fingerprint density at radius 3 is 2.53 bits per heavy atom. The Kier molecular flexibility index (Phi) is 11.3. The lowest BCUT2D eigenvalue weighted by molar-refractivity contribution is 0.254. The molecule has 1 aromatic heterocycles. The highest BCUT2D eigenvalue weighted by atomic mass is 127. The van der Waals surface area contributed by atoms with Crippen LogP contribution < -0.4 is 25.0 Å². The molecular weight excluding hydrogens is 521 g/mol. The van der Waals surface area contributed by atoms with Crippen molar-refractivity contribution in [1.29, 1.82) is 0 Å². The molecule has 2 aromatic rings. The van der Waals surface area contributed by atoms with Gasteiger partial charge in [0.05, 0.1) is 13.7 Å². The number of benzene rings is 1. The standard InChI is InChI=1S/C22H33N7O2.HI/c1-4-31-19-8-7-18(17-20(19)30-3)27-21(23-2)24-11-6-12-28-13-15-29(16-14-28)22-25-9-5-10-26-22;/h5,7-10,17H,4,6,11-16H2,1-3H3,(H2,23,24,27);1H. The predicted octanol–water partition coefficient (Wildman–Crippen LogP) is 2.70. The van der Waals surface area contributed by atoms with Gasteiger partial charge in [0.15, 0.2) is 17.5 Å². The first-order valence-electron chi connectivity index (χ1n) is 10.8. The van der Waals surface area contributed by atoms with Crippen molar-refractivity contribution in [3.63, 3.8) is 0 Å². The molecule has 0 unspecified atom stereocenters. The summed E-state index contributed by atoms with van der Waals surface area (Å²) in [6.45, 7) is 8.41. The molecule has 1 fully saturated rings. The molecule has 1 saturated heterocycles. The summed E-state index contributed by atoms with van der Waals surface area (Å²) in [6, 6.07) is 7.62. The third-order valence-electron chi connectivity index (χ3n) is 5.10. The SMILES string of the molecule is CCOc1ccc(NC(=NC)NCCCN2CCN(c3ncccn3)CC2)cc1OC.I. The number of hydrogen-bond donors (Lipinski definition) is 2.